The van der Waals surface area contributed by atoms with E-state index in [4.69, 9.17) is 5.84 Å². The number of fused-ring (bicyclic) bond motifs is 2. The van der Waals surface area contributed by atoms with Crippen LogP contribution in [0.25, 0.3) is 16.6 Å². The maximum atomic E-state index is 13.0. The van der Waals surface area contributed by atoms with Crippen LogP contribution in [0.3, 0.4) is 0 Å². The minimum absolute atomic E-state index is 0.0136. The molecule has 0 aliphatic carbocycles. The first-order valence-corrected chi connectivity index (χ1v) is 8.64. The molecule has 4 N–H and O–H groups in total. The van der Waals surface area contributed by atoms with Crippen LogP contribution < -0.4 is 11.3 Å². The highest BCUT2D eigenvalue weighted by Gasteiger charge is 2.22. The van der Waals surface area contributed by atoms with Crippen LogP contribution >= 0.6 is 0 Å². The van der Waals surface area contributed by atoms with E-state index in [0.29, 0.717) is 12.1 Å². The minimum Gasteiger partial charge on any atom is -0.346 e. The van der Waals surface area contributed by atoms with E-state index < -0.39 is 0 Å². The van der Waals surface area contributed by atoms with Crippen molar-refractivity contribution in [3.63, 3.8) is 0 Å². The molecule has 0 fully saturated rings. The van der Waals surface area contributed by atoms with Gasteiger partial charge in [0.1, 0.15) is 5.65 Å². The fourth-order valence-electron chi connectivity index (χ4n) is 3.50. The first-order chi connectivity index (χ1) is 12.7. The Bertz CT molecular complexity index is 1000. The lowest BCUT2D eigenvalue weighted by Crippen LogP contribution is -2.35. The summed E-state index contributed by atoms with van der Waals surface area (Å²) in [7, 11) is 0. The summed E-state index contributed by atoms with van der Waals surface area (Å²) in [5, 5.41) is 0.914. The van der Waals surface area contributed by atoms with Gasteiger partial charge in [0, 0.05) is 42.6 Å². The van der Waals surface area contributed by atoms with Crippen LogP contribution in [0.1, 0.15) is 34.0 Å². The van der Waals surface area contributed by atoms with Crippen molar-refractivity contribution in [2.45, 2.75) is 19.9 Å². The topological polar surface area (TPSA) is 87.0 Å². The minimum atomic E-state index is 0.0136. The molecule has 0 unspecified atom stereocenters. The third-order valence-electron chi connectivity index (χ3n) is 4.92. The van der Waals surface area contributed by atoms with Gasteiger partial charge in [0.15, 0.2) is 0 Å². The molecule has 0 radical (unpaired) electrons. The Morgan fingerprint density at radius 1 is 1.35 bits per heavy atom. The molecule has 6 heteroatoms. The van der Waals surface area contributed by atoms with E-state index in [9.17, 15) is 4.79 Å². The number of amides is 1. The monoisotopic (exact) mass is 347 g/mol. The highest BCUT2D eigenvalue weighted by molar-refractivity contribution is 5.99. The van der Waals surface area contributed by atoms with Gasteiger partial charge >= 0.3 is 0 Å². The molecular formula is C20H21N5O. The second-order valence-corrected chi connectivity index (χ2v) is 6.56. The molecule has 26 heavy (non-hydrogen) atoms. The lowest BCUT2D eigenvalue weighted by atomic mass is 9.99. The zero-order valence-electron chi connectivity index (χ0n) is 14.6. The van der Waals surface area contributed by atoms with Gasteiger partial charge in [0.25, 0.3) is 5.91 Å². The Morgan fingerprint density at radius 2 is 2.15 bits per heavy atom. The molecule has 0 saturated heterocycles. The van der Waals surface area contributed by atoms with Crippen molar-refractivity contribution in [2.24, 2.45) is 5.84 Å². The molecule has 3 aromatic rings. The largest absolute Gasteiger partial charge is 0.346 e. The highest BCUT2D eigenvalue weighted by atomic mass is 16.2. The van der Waals surface area contributed by atoms with Crippen LogP contribution in [-0.2, 0) is 13.0 Å². The fourth-order valence-corrected chi connectivity index (χ4v) is 3.50. The van der Waals surface area contributed by atoms with Gasteiger partial charge in [-0.25, -0.2) is 4.98 Å². The molecule has 4 rings (SSSR count). The molecule has 1 aliphatic heterocycles. The molecule has 0 spiro atoms. The number of carbonyl (C=O) groups is 1. The number of hydrogen-bond acceptors (Lipinski definition) is 4. The predicted molar refractivity (Wildman–Crippen MR) is 102 cm³/mol. The lowest BCUT2D eigenvalue weighted by molar-refractivity contribution is 0.0734. The van der Waals surface area contributed by atoms with Crippen LogP contribution in [-0.4, -0.2) is 27.3 Å². The second-order valence-electron chi connectivity index (χ2n) is 6.56. The van der Waals surface area contributed by atoms with Crippen molar-refractivity contribution < 1.29 is 4.79 Å². The van der Waals surface area contributed by atoms with Crippen LogP contribution in [0.2, 0.25) is 0 Å². The van der Waals surface area contributed by atoms with Crippen LogP contribution in [0.4, 0.5) is 0 Å². The molecule has 0 bridgehead atoms. The number of nitrogens with two attached hydrogens (primary N) is 1. The third kappa shape index (κ3) is 2.84. The molecule has 1 aliphatic rings. The van der Waals surface area contributed by atoms with E-state index in [2.05, 4.69) is 27.5 Å². The number of rotatable bonds is 3. The van der Waals surface area contributed by atoms with Gasteiger partial charge in [-0.2, -0.15) is 0 Å². The van der Waals surface area contributed by atoms with E-state index >= 15 is 0 Å². The quantitative estimate of drug-likeness (QED) is 0.502. The van der Waals surface area contributed by atoms with Crippen molar-refractivity contribution in [3.05, 3.63) is 71.2 Å². The highest BCUT2D eigenvalue weighted by Crippen LogP contribution is 2.25. The summed E-state index contributed by atoms with van der Waals surface area (Å²) in [5.41, 5.74) is 8.40. The maximum absolute atomic E-state index is 13.0. The van der Waals surface area contributed by atoms with Crippen molar-refractivity contribution in [3.8, 4) is 0 Å². The van der Waals surface area contributed by atoms with Gasteiger partial charge in [-0.05, 0) is 36.1 Å². The first-order valence-electron chi connectivity index (χ1n) is 8.64. The Morgan fingerprint density at radius 3 is 2.96 bits per heavy atom. The smallest absolute Gasteiger partial charge is 0.255 e. The SMILES string of the molecule is C/C(=C\NN)c1c[nH]c2ncc(C(=O)N3CCc4ccccc4C3)cc12. The number of hydrazine groups is 1. The summed E-state index contributed by atoms with van der Waals surface area (Å²) < 4.78 is 0. The van der Waals surface area contributed by atoms with Gasteiger partial charge in [-0.1, -0.05) is 24.3 Å². The molecule has 0 atom stereocenters. The predicted octanol–water partition coefficient (Wildman–Crippen LogP) is 2.59. The third-order valence-corrected chi connectivity index (χ3v) is 4.92. The van der Waals surface area contributed by atoms with E-state index in [1.165, 1.54) is 11.1 Å². The Balaban J connectivity index is 1.65. The normalized spacial score (nSPS) is 14.4. The molecule has 3 heterocycles. The number of aromatic nitrogens is 2. The number of hydrogen-bond donors (Lipinski definition) is 3. The van der Waals surface area contributed by atoms with E-state index in [0.717, 1.165) is 35.1 Å². The molecule has 2 aromatic heterocycles. The van der Waals surface area contributed by atoms with E-state index in [1.54, 1.807) is 12.4 Å². The van der Waals surface area contributed by atoms with Crippen molar-refractivity contribution >= 4 is 22.5 Å². The summed E-state index contributed by atoms with van der Waals surface area (Å²) in [6, 6.07) is 10.2. The summed E-state index contributed by atoms with van der Waals surface area (Å²) in [6.07, 6.45) is 6.13. The molecular weight excluding hydrogens is 326 g/mol. The maximum Gasteiger partial charge on any atom is 0.255 e. The molecule has 1 amide bonds. The lowest BCUT2D eigenvalue weighted by Gasteiger charge is -2.28. The Labute approximate surface area is 151 Å². The van der Waals surface area contributed by atoms with E-state index in [-0.39, 0.29) is 5.91 Å². The number of nitrogens with zero attached hydrogens (tertiary/aromatic N) is 2. The van der Waals surface area contributed by atoms with Gasteiger partial charge in [0.05, 0.1) is 5.56 Å². The zero-order valence-corrected chi connectivity index (χ0v) is 14.6. The van der Waals surface area contributed by atoms with Crippen molar-refractivity contribution in [1.82, 2.24) is 20.3 Å². The number of aromatic amines is 1. The van der Waals surface area contributed by atoms with Gasteiger partial charge in [0.2, 0.25) is 0 Å². The zero-order chi connectivity index (χ0) is 18.1. The molecule has 1 aromatic carbocycles. The number of nitrogens with one attached hydrogen (secondary N) is 2. The molecule has 6 nitrogen and oxygen atoms in total. The first kappa shape index (κ1) is 16.4. The van der Waals surface area contributed by atoms with Gasteiger partial charge in [-0.15, -0.1) is 0 Å². The Kier molecular flexibility index (Phi) is 4.18. The number of allylic oxidation sites excluding steroid dienone is 1. The summed E-state index contributed by atoms with van der Waals surface area (Å²) in [5.74, 6) is 5.39. The van der Waals surface area contributed by atoms with Gasteiger partial charge < -0.3 is 15.3 Å². The average molecular weight is 347 g/mol. The van der Waals surface area contributed by atoms with Crippen molar-refractivity contribution in [2.75, 3.05) is 6.54 Å². The fraction of sp³-hybridized carbons (Fsp3) is 0.200. The Hall–Kier alpha value is -3.12. The standard InChI is InChI=1S/C20H21N5O/c1-13(9-24-21)18-11-23-19-17(18)8-16(10-22-19)20(26)25-7-6-14-4-2-3-5-15(14)12-25/h2-5,8-11,24H,6-7,12,21H2,1H3,(H,22,23)/b13-9+. The summed E-state index contributed by atoms with van der Waals surface area (Å²) in [6.45, 7) is 3.32. The summed E-state index contributed by atoms with van der Waals surface area (Å²) in [4.78, 5) is 22.5. The van der Waals surface area contributed by atoms with Crippen LogP contribution in [0.5, 0.6) is 0 Å². The summed E-state index contributed by atoms with van der Waals surface area (Å²) >= 11 is 0. The number of carbonyl (C=O) groups excluding carboxylic acids is 1. The molecule has 0 saturated carbocycles. The number of pyridine rings is 1. The molecule has 132 valence electrons. The number of benzene rings is 1. The van der Waals surface area contributed by atoms with Crippen molar-refractivity contribution in [1.29, 1.82) is 0 Å². The average Bonchev–Trinajstić information content (AvgIpc) is 3.10. The van der Waals surface area contributed by atoms with Gasteiger partial charge in [-0.3, -0.25) is 10.6 Å². The van der Waals surface area contributed by atoms with E-state index in [1.807, 2.05) is 36.2 Å². The van der Waals surface area contributed by atoms with Crippen LogP contribution in [0, 0.1) is 0 Å². The number of H-pyrrole nitrogens is 1. The van der Waals surface area contributed by atoms with Crippen LogP contribution in [0.15, 0.2) is 48.9 Å². The second kappa shape index (κ2) is 6.65.